The molecule has 33 heavy (non-hydrogen) atoms. The first-order chi connectivity index (χ1) is 15.9. The van der Waals surface area contributed by atoms with Crippen LogP contribution in [0.4, 0.5) is 4.39 Å². The predicted octanol–water partition coefficient (Wildman–Crippen LogP) is 4.64. The van der Waals surface area contributed by atoms with Crippen LogP contribution in [0, 0.1) is 12.7 Å². The van der Waals surface area contributed by atoms with Crippen LogP contribution in [0.25, 0.3) is 11.8 Å². The van der Waals surface area contributed by atoms with E-state index in [2.05, 4.69) is 46.6 Å². The maximum Gasteiger partial charge on any atom is 0.143 e. The molecule has 2 aromatic carbocycles. The number of aryl methyl sites for hydroxylation is 1. The van der Waals surface area contributed by atoms with Gasteiger partial charge in [-0.05, 0) is 73.7 Å². The number of nitrogens with one attached hydrogen (secondary N) is 1. The number of halogens is 1. The number of hydrogen-bond donors (Lipinski definition) is 1. The van der Waals surface area contributed by atoms with Crippen molar-refractivity contribution in [3.63, 3.8) is 0 Å². The van der Waals surface area contributed by atoms with Gasteiger partial charge in [-0.25, -0.2) is 14.8 Å². The van der Waals surface area contributed by atoms with Gasteiger partial charge in [0.2, 0.25) is 0 Å². The molecule has 0 amide bonds. The summed E-state index contributed by atoms with van der Waals surface area (Å²) in [7, 11) is 1.69. The minimum atomic E-state index is -0.368. The summed E-state index contributed by atoms with van der Waals surface area (Å²) >= 11 is 0. The van der Waals surface area contributed by atoms with Gasteiger partial charge in [0, 0.05) is 12.7 Å². The number of nitrogens with zero attached hydrogens (tertiary/aromatic N) is 4. The second kappa shape index (κ2) is 8.48. The molecule has 6 nitrogen and oxygen atoms in total. The van der Waals surface area contributed by atoms with Gasteiger partial charge in [0.05, 0.1) is 36.9 Å². The molecule has 170 valence electrons. The summed E-state index contributed by atoms with van der Waals surface area (Å²) in [6.45, 7) is 5.55. The molecular weight excluding hydrogens is 417 g/mol. The Labute approximate surface area is 193 Å². The number of ether oxygens (including phenoxy) is 1. The van der Waals surface area contributed by atoms with E-state index < -0.39 is 0 Å². The average molecular weight is 446 g/mol. The molecule has 1 fully saturated rings. The highest BCUT2D eigenvalue weighted by Crippen LogP contribution is 2.31. The Bertz CT molecular complexity index is 1230. The van der Waals surface area contributed by atoms with Crippen LogP contribution in [0.5, 0.6) is 5.75 Å². The zero-order chi connectivity index (χ0) is 23.0. The van der Waals surface area contributed by atoms with Crippen molar-refractivity contribution < 1.29 is 9.13 Å². The number of hydrogen-bond acceptors (Lipinski definition) is 5. The summed E-state index contributed by atoms with van der Waals surface area (Å²) < 4.78 is 21.0. The normalized spacial score (nSPS) is 21.6. The molecule has 1 atom stereocenters. The van der Waals surface area contributed by atoms with Crippen molar-refractivity contribution in [1.29, 1.82) is 0 Å². The molecule has 0 spiro atoms. The second-order valence-corrected chi connectivity index (χ2v) is 8.87. The van der Waals surface area contributed by atoms with Crippen LogP contribution >= 0.6 is 0 Å². The van der Waals surface area contributed by atoms with E-state index in [0.717, 1.165) is 53.5 Å². The average Bonchev–Trinajstić information content (AvgIpc) is 3.25. The lowest BCUT2D eigenvalue weighted by Crippen LogP contribution is -2.59. The summed E-state index contributed by atoms with van der Waals surface area (Å²) in [5.41, 5.74) is 8.48. The molecule has 1 saturated heterocycles. The topological polar surface area (TPSA) is 54.7 Å². The van der Waals surface area contributed by atoms with Crippen LogP contribution in [0.15, 0.2) is 65.6 Å². The molecule has 0 aliphatic carbocycles. The molecule has 5 rings (SSSR count). The molecule has 2 aliphatic heterocycles. The molecule has 0 bridgehead atoms. The molecule has 0 radical (unpaired) electrons. The van der Waals surface area contributed by atoms with Crippen molar-refractivity contribution in [2.75, 3.05) is 20.2 Å². The van der Waals surface area contributed by atoms with Crippen molar-refractivity contribution in [2.24, 2.45) is 4.99 Å². The molecular formula is C26H28FN5O. The molecule has 1 unspecified atom stereocenters. The molecule has 3 heterocycles. The minimum absolute atomic E-state index is 0.227. The van der Waals surface area contributed by atoms with E-state index in [1.807, 2.05) is 29.8 Å². The van der Waals surface area contributed by atoms with E-state index in [1.54, 1.807) is 13.4 Å². The van der Waals surface area contributed by atoms with Crippen molar-refractivity contribution in [3.05, 3.63) is 83.2 Å². The number of aromatic nitrogens is 2. The standard InChI is InChI=1S/C26H28FN5O/c1-18-15-31(17-29-18)23-11-6-19(14-24(23)33-3)13-20-5-4-12-32-25(20)28-16-26(2,30-32)21-7-9-22(27)10-8-21/h6-11,13-15,17,30H,4-5,12,16H2,1-3H3/b20-13+. The number of rotatable bonds is 4. The molecule has 3 aromatic rings. The van der Waals surface area contributed by atoms with Gasteiger partial charge < -0.3 is 9.30 Å². The number of methoxy groups -OCH3 is 1. The largest absolute Gasteiger partial charge is 0.495 e. The van der Waals surface area contributed by atoms with Crippen molar-refractivity contribution in [3.8, 4) is 11.4 Å². The maximum atomic E-state index is 13.4. The molecule has 1 aromatic heterocycles. The number of piperidine rings is 1. The summed E-state index contributed by atoms with van der Waals surface area (Å²) in [6, 6.07) is 12.9. The van der Waals surface area contributed by atoms with Crippen LogP contribution in [0.1, 0.15) is 36.6 Å². The van der Waals surface area contributed by atoms with Gasteiger partial charge in [-0.1, -0.05) is 18.2 Å². The van der Waals surface area contributed by atoms with Crippen LogP contribution < -0.4 is 10.2 Å². The third-order valence-electron chi connectivity index (χ3n) is 6.31. The number of benzene rings is 2. The lowest BCUT2D eigenvalue weighted by Gasteiger charge is -2.44. The Morgan fingerprint density at radius 3 is 2.73 bits per heavy atom. The lowest BCUT2D eigenvalue weighted by molar-refractivity contribution is 0.167. The highest BCUT2D eigenvalue weighted by atomic mass is 19.1. The Hall–Kier alpha value is -3.45. The summed E-state index contributed by atoms with van der Waals surface area (Å²) in [5.74, 6) is 1.55. The Morgan fingerprint density at radius 2 is 2.00 bits per heavy atom. The van der Waals surface area contributed by atoms with E-state index >= 15 is 0 Å². The number of amidine groups is 1. The van der Waals surface area contributed by atoms with E-state index in [0.29, 0.717) is 6.54 Å². The van der Waals surface area contributed by atoms with Crippen molar-refractivity contribution in [2.45, 2.75) is 32.2 Å². The third kappa shape index (κ3) is 4.16. The van der Waals surface area contributed by atoms with Crippen LogP contribution in [-0.4, -0.2) is 40.6 Å². The molecule has 1 N–H and O–H groups in total. The minimum Gasteiger partial charge on any atom is -0.495 e. The van der Waals surface area contributed by atoms with Crippen LogP contribution in [-0.2, 0) is 5.54 Å². The second-order valence-electron chi connectivity index (χ2n) is 8.87. The first-order valence-electron chi connectivity index (χ1n) is 11.2. The van der Waals surface area contributed by atoms with Gasteiger partial charge in [-0.2, -0.15) is 0 Å². The predicted molar refractivity (Wildman–Crippen MR) is 128 cm³/mol. The number of hydrazine groups is 1. The highest BCUT2D eigenvalue weighted by Gasteiger charge is 2.36. The van der Waals surface area contributed by atoms with E-state index in [1.165, 1.54) is 17.7 Å². The summed E-state index contributed by atoms with van der Waals surface area (Å²) in [6.07, 6.45) is 7.97. The van der Waals surface area contributed by atoms with E-state index in [4.69, 9.17) is 9.73 Å². The smallest absolute Gasteiger partial charge is 0.143 e. The Kier molecular flexibility index (Phi) is 5.50. The molecule has 7 heteroatoms. The SMILES string of the molecule is COc1cc(/C=C2\CCCN3NC(C)(c4ccc(F)cc4)CN=C23)ccc1-n1cnc(C)c1. The number of aliphatic imine (C=N–C) groups is 1. The fourth-order valence-corrected chi connectivity index (χ4v) is 4.54. The zero-order valence-electron chi connectivity index (χ0n) is 19.2. The van der Waals surface area contributed by atoms with Gasteiger partial charge in [0.1, 0.15) is 17.4 Å². The van der Waals surface area contributed by atoms with Crippen LogP contribution in [0.3, 0.4) is 0 Å². The summed E-state index contributed by atoms with van der Waals surface area (Å²) in [4.78, 5) is 9.28. The van der Waals surface area contributed by atoms with E-state index in [-0.39, 0.29) is 11.4 Å². The highest BCUT2D eigenvalue weighted by molar-refractivity contribution is 6.03. The Morgan fingerprint density at radius 1 is 1.18 bits per heavy atom. The first-order valence-corrected chi connectivity index (χ1v) is 11.2. The van der Waals surface area contributed by atoms with E-state index in [9.17, 15) is 4.39 Å². The fraction of sp³-hybridized carbons (Fsp3) is 0.308. The third-order valence-corrected chi connectivity index (χ3v) is 6.31. The molecule has 2 aliphatic rings. The van der Waals surface area contributed by atoms with Crippen LogP contribution in [0.2, 0.25) is 0 Å². The first kappa shape index (κ1) is 21.4. The molecule has 0 saturated carbocycles. The van der Waals surface area contributed by atoms with Crippen molar-refractivity contribution in [1.82, 2.24) is 20.0 Å². The number of fused-ring (bicyclic) bond motifs is 1. The van der Waals surface area contributed by atoms with Gasteiger partial charge in [0.25, 0.3) is 0 Å². The monoisotopic (exact) mass is 445 g/mol. The lowest BCUT2D eigenvalue weighted by atomic mass is 9.91. The maximum absolute atomic E-state index is 13.4. The van der Waals surface area contributed by atoms with Gasteiger partial charge in [0.15, 0.2) is 0 Å². The Balaban J connectivity index is 1.43. The van der Waals surface area contributed by atoms with Gasteiger partial charge >= 0.3 is 0 Å². The van der Waals surface area contributed by atoms with Gasteiger partial charge in [-0.3, -0.25) is 10.0 Å². The number of imidazole rings is 1. The fourth-order valence-electron chi connectivity index (χ4n) is 4.54. The quantitative estimate of drug-likeness (QED) is 0.636. The summed E-state index contributed by atoms with van der Waals surface area (Å²) in [5, 5.41) is 2.14. The van der Waals surface area contributed by atoms with Gasteiger partial charge in [-0.15, -0.1) is 0 Å². The zero-order valence-corrected chi connectivity index (χ0v) is 19.2. The van der Waals surface area contributed by atoms with Crippen molar-refractivity contribution >= 4 is 11.9 Å².